The van der Waals surface area contributed by atoms with Gasteiger partial charge in [-0.1, -0.05) is 12.1 Å². The predicted molar refractivity (Wildman–Crippen MR) is 90.5 cm³/mol. The maximum atomic E-state index is 13.1. The molecule has 1 aromatic carbocycles. The van der Waals surface area contributed by atoms with Crippen LogP contribution >= 0.6 is 0 Å². The number of halogens is 1. The molecule has 4 heteroatoms. The van der Waals surface area contributed by atoms with Crippen LogP contribution in [0.5, 0.6) is 0 Å². The molecular formula is C19H25FN2O. The lowest BCUT2D eigenvalue weighted by molar-refractivity contribution is 0.0693. The van der Waals surface area contributed by atoms with E-state index in [1.54, 1.807) is 0 Å². The van der Waals surface area contributed by atoms with Gasteiger partial charge in [0.2, 0.25) is 0 Å². The van der Waals surface area contributed by atoms with Gasteiger partial charge in [-0.3, -0.25) is 9.88 Å². The summed E-state index contributed by atoms with van der Waals surface area (Å²) in [4.78, 5) is 6.41. The van der Waals surface area contributed by atoms with Crippen LogP contribution in [0.4, 0.5) is 4.39 Å². The molecule has 0 aliphatic carbocycles. The molecule has 0 amide bonds. The van der Waals surface area contributed by atoms with Crippen LogP contribution in [0.15, 0.2) is 48.8 Å². The van der Waals surface area contributed by atoms with Crippen LogP contribution in [0, 0.1) is 5.82 Å². The van der Waals surface area contributed by atoms with Crippen molar-refractivity contribution in [3.05, 3.63) is 65.7 Å². The van der Waals surface area contributed by atoms with Gasteiger partial charge in [-0.05, 0) is 55.7 Å². The van der Waals surface area contributed by atoms with Gasteiger partial charge in [-0.2, -0.15) is 0 Å². The fourth-order valence-corrected chi connectivity index (χ4v) is 2.42. The van der Waals surface area contributed by atoms with Crippen LogP contribution in [0.1, 0.15) is 31.4 Å². The SMILES string of the molecule is CC(C)OCCCN(Cc1ccncc1)Cc1ccc(F)cc1. The number of pyridine rings is 1. The van der Waals surface area contributed by atoms with Crippen LogP contribution in [-0.4, -0.2) is 29.1 Å². The van der Waals surface area contributed by atoms with E-state index in [1.807, 2.05) is 50.5 Å². The van der Waals surface area contributed by atoms with Crippen molar-refractivity contribution in [2.24, 2.45) is 0 Å². The fourth-order valence-electron chi connectivity index (χ4n) is 2.42. The third kappa shape index (κ3) is 6.89. The number of aromatic nitrogens is 1. The standard InChI is InChI=1S/C19H25FN2O/c1-16(2)23-13-3-12-22(15-18-8-10-21-11-9-18)14-17-4-6-19(20)7-5-17/h4-11,16H,3,12-15H2,1-2H3. The van der Waals surface area contributed by atoms with Gasteiger partial charge in [-0.15, -0.1) is 0 Å². The highest BCUT2D eigenvalue weighted by molar-refractivity contribution is 5.16. The van der Waals surface area contributed by atoms with Gasteiger partial charge in [0.1, 0.15) is 5.82 Å². The van der Waals surface area contributed by atoms with E-state index in [1.165, 1.54) is 17.7 Å². The summed E-state index contributed by atoms with van der Waals surface area (Å²) in [6.45, 7) is 7.44. The van der Waals surface area contributed by atoms with E-state index in [-0.39, 0.29) is 11.9 Å². The molecule has 0 atom stereocenters. The van der Waals surface area contributed by atoms with E-state index in [9.17, 15) is 4.39 Å². The first-order valence-electron chi connectivity index (χ1n) is 8.11. The first kappa shape index (κ1) is 17.6. The Morgan fingerprint density at radius 2 is 1.61 bits per heavy atom. The monoisotopic (exact) mass is 316 g/mol. The Kier molecular flexibility index (Phi) is 7.17. The Labute approximate surface area is 138 Å². The quantitative estimate of drug-likeness (QED) is 0.653. The summed E-state index contributed by atoms with van der Waals surface area (Å²) in [6, 6.07) is 10.8. The van der Waals surface area contributed by atoms with E-state index in [0.29, 0.717) is 0 Å². The Morgan fingerprint density at radius 3 is 2.22 bits per heavy atom. The zero-order valence-electron chi connectivity index (χ0n) is 13.9. The third-order valence-corrected chi connectivity index (χ3v) is 3.54. The summed E-state index contributed by atoms with van der Waals surface area (Å²) < 4.78 is 18.7. The van der Waals surface area contributed by atoms with E-state index in [2.05, 4.69) is 9.88 Å². The molecule has 1 aromatic heterocycles. The zero-order valence-corrected chi connectivity index (χ0v) is 13.9. The molecule has 0 aliphatic heterocycles. The second-order valence-corrected chi connectivity index (χ2v) is 5.97. The van der Waals surface area contributed by atoms with Crippen molar-refractivity contribution >= 4 is 0 Å². The first-order chi connectivity index (χ1) is 11.1. The van der Waals surface area contributed by atoms with E-state index >= 15 is 0 Å². The summed E-state index contributed by atoms with van der Waals surface area (Å²) in [5.41, 5.74) is 2.34. The molecule has 23 heavy (non-hydrogen) atoms. The van der Waals surface area contributed by atoms with Crippen molar-refractivity contribution in [3.8, 4) is 0 Å². The van der Waals surface area contributed by atoms with E-state index in [0.717, 1.165) is 38.2 Å². The van der Waals surface area contributed by atoms with Gasteiger partial charge in [0.25, 0.3) is 0 Å². The van der Waals surface area contributed by atoms with Crippen molar-refractivity contribution in [3.63, 3.8) is 0 Å². The van der Waals surface area contributed by atoms with Gasteiger partial charge >= 0.3 is 0 Å². The second kappa shape index (κ2) is 9.38. The van der Waals surface area contributed by atoms with Gasteiger partial charge < -0.3 is 4.74 Å². The number of nitrogens with zero attached hydrogens (tertiary/aromatic N) is 2. The molecule has 0 bridgehead atoms. The summed E-state index contributed by atoms with van der Waals surface area (Å²) in [7, 11) is 0. The second-order valence-electron chi connectivity index (χ2n) is 5.97. The maximum Gasteiger partial charge on any atom is 0.123 e. The number of hydrogen-bond donors (Lipinski definition) is 0. The zero-order chi connectivity index (χ0) is 16.5. The van der Waals surface area contributed by atoms with Crippen LogP contribution in [-0.2, 0) is 17.8 Å². The Hall–Kier alpha value is -1.78. The molecule has 0 spiro atoms. The molecule has 0 saturated heterocycles. The molecule has 0 N–H and O–H groups in total. The molecule has 1 heterocycles. The normalized spacial score (nSPS) is 11.3. The van der Waals surface area contributed by atoms with E-state index < -0.39 is 0 Å². The van der Waals surface area contributed by atoms with Gasteiger partial charge in [0.05, 0.1) is 6.10 Å². The van der Waals surface area contributed by atoms with Crippen molar-refractivity contribution in [1.82, 2.24) is 9.88 Å². The van der Waals surface area contributed by atoms with Gasteiger partial charge in [0.15, 0.2) is 0 Å². The molecule has 2 rings (SSSR count). The highest BCUT2D eigenvalue weighted by atomic mass is 19.1. The third-order valence-electron chi connectivity index (χ3n) is 3.54. The van der Waals surface area contributed by atoms with Crippen molar-refractivity contribution in [2.45, 2.75) is 39.5 Å². The van der Waals surface area contributed by atoms with Crippen molar-refractivity contribution < 1.29 is 9.13 Å². The average Bonchev–Trinajstić information content (AvgIpc) is 2.54. The minimum atomic E-state index is -0.195. The van der Waals surface area contributed by atoms with Gasteiger partial charge in [0, 0.05) is 38.6 Å². The molecule has 0 fully saturated rings. The number of benzene rings is 1. The molecule has 0 radical (unpaired) electrons. The Bertz CT molecular complexity index is 557. The van der Waals surface area contributed by atoms with Crippen LogP contribution < -0.4 is 0 Å². The van der Waals surface area contributed by atoms with E-state index in [4.69, 9.17) is 4.74 Å². The van der Waals surface area contributed by atoms with Crippen LogP contribution in [0.3, 0.4) is 0 Å². The van der Waals surface area contributed by atoms with Crippen molar-refractivity contribution in [2.75, 3.05) is 13.2 Å². The predicted octanol–water partition coefficient (Wildman–Crippen LogP) is 4.04. The molecule has 0 saturated carbocycles. The lowest BCUT2D eigenvalue weighted by atomic mass is 10.2. The average molecular weight is 316 g/mol. The molecule has 2 aromatic rings. The smallest absolute Gasteiger partial charge is 0.123 e. The number of hydrogen-bond acceptors (Lipinski definition) is 3. The molecule has 0 aliphatic rings. The minimum Gasteiger partial charge on any atom is -0.379 e. The molecule has 124 valence electrons. The summed E-state index contributed by atoms with van der Waals surface area (Å²) in [6.07, 6.45) is 4.87. The minimum absolute atomic E-state index is 0.195. The topological polar surface area (TPSA) is 25.4 Å². The first-order valence-corrected chi connectivity index (χ1v) is 8.11. The lowest BCUT2D eigenvalue weighted by Crippen LogP contribution is -2.25. The summed E-state index contributed by atoms with van der Waals surface area (Å²) in [5, 5.41) is 0. The summed E-state index contributed by atoms with van der Waals surface area (Å²) >= 11 is 0. The van der Waals surface area contributed by atoms with Crippen LogP contribution in [0.25, 0.3) is 0 Å². The molecule has 3 nitrogen and oxygen atoms in total. The number of ether oxygens (including phenoxy) is 1. The largest absolute Gasteiger partial charge is 0.379 e. The highest BCUT2D eigenvalue weighted by Crippen LogP contribution is 2.11. The summed E-state index contributed by atoms with van der Waals surface area (Å²) in [5.74, 6) is -0.195. The van der Waals surface area contributed by atoms with Crippen molar-refractivity contribution in [1.29, 1.82) is 0 Å². The highest BCUT2D eigenvalue weighted by Gasteiger charge is 2.08. The molecular weight excluding hydrogens is 291 g/mol. The van der Waals surface area contributed by atoms with Crippen LogP contribution in [0.2, 0.25) is 0 Å². The lowest BCUT2D eigenvalue weighted by Gasteiger charge is -2.23. The fraction of sp³-hybridized carbons (Fsp3) is 0.421. The number of rotatable bonds is 9. The maximum absolute atomic E-state index is 13.1. The Balaban J connectivity index is 1.94. The van der Waals surface area contributed by atoms with Gasteiger partial charge in [-0.25, -0.2) is 4.39 Å². The Morgan fingerprint density at radius 1 is 1.00 bits per heavy atom. The molecule has 0 unspecified atom stereocenters.